The Hall–Kier alpha value is -4.72. The summed E-state index contributed by atoms with van der Waals surface area (Å²) in [6, 6.07) is 25.9. The molecule has 1 amide bonds. The van der Waals surface area contributed by atoms with Crippen LogP contribution < -0.4 is 0 Å². The van der Waals surface area contributed by atoms with E-state index in [4.69, 9.17) is 5.26 Å². The number of rotatable bonds is 7. The summed E-state index contributed by atoms with van der Waals surface area (Å²) in [4.78, 5) is 22.4. The molecule has 5 rings (SSSR count). The van der Waals surface area contributed by atoms with Gasteiger partial charge >= 0.3 is 0 Å². The zero-order valence-corrected chi connectivity index (χ0v) is 22.2. The predicted octanol–water partition coefficient (Wildman–Crippen LogP) is 4.70. The smallest absolute Gasteiger partial charge is 0.240 e. The molecular formula is C32H30N6O. The van der Waals surface area contributed by atoms with Crippen molar-refractivity contribution < 1.29 is 4.79 Å². The highest BCUT2D eigenvalue weighted by Crippen LogP contribution is 2.32. The highest BCUT2D eigenvalue weighted by Gasteiger charge is 2.32. The van der Waals surface area contributed by atoms with E-state index < -0.39 is 6.04 Å². The van der Waals surface area contributed by atoms with Crippen LogP contribution in [0.5, 0.6) is 0 Å². The average Bonchev–Trinajstić information content (AvgIpc) is 3.39. The molecule has 3 aromatic carbocycles. The molecule has 39 heavy (non-hydrogen) atoms. The SMILES string of the molecule is CN(Cc1ccc(C#N)cc1)[C@H](Cc1cncn1C)C(=O)N1CCC(C#N)=C(c2cccc3ccccc23)C1. The van der Waals surface area contributed by atoms with Gasteiger partial charge in [-0.2, -0.15) is 10.5 Å². The number of hydrogen-bond acceptors (Lipinski definition) is 5. The number of benzene rings is 3. The van der Waals surface area contributed by atoms with Crippen LogP contribution in [0.1, 0.15) is 28.8 Å². The molecule has 194 valence electrons. The largest absolute Gasteiger partial charge is 0.338 e. The molecule has 0 saturated carbocycles. The van der Waals surface area contributed by atoms with E-state index in [2.05, 4.69) is 40.2 Å². The van der Waals surface area contributed by atoms with E-state index in [1.54, 1.807) is 24.7 Å². The molecule has 0 unspecified atom stereocenters. The van der Waals surface area contributed by atoms with Crippen molar-refractivity contribution >= 4 is 22.3 Å². The van der Waals surface area contributed by atoms with Gasteiger partial charge in [0.05, 0.1) is 30.1 Å². The number of carbonyl (C=O) groups is 1. The molecule has 1 aliphatic heterocycles. The number of hydrogen-bond donors (Lipinski definition) is 0. The van der Waals surface area contributed by atoms with Gasteiger partial charge in [-0.1, -0.05) is 54.6 Å². The van der Waals surface area contributed by atoms with Gasteiger partial charge in [0.15, 0.2) is 0 Å². The molecule has 4 aromatic rings. The number of aryl methyl sites for hydroxylation is 1. The standard InChI is InChI=1S/C32H30N6O/c1-36(20-24-12-10-23(17-33)11-13-24)31(16-27-19-35-22-37(27)2)32(39)38-15-14-26(18-34)30(21-38)29-9-5-7-25-6-3-4-8-28(25)29/h3-13,19,22,31H,14-16,20-21H2,1-2H3/t31-/m1/s1. The second-order valence-corrected chi connectivity index (χ2v) is 10.0. The van der Waals surface area contributed by atoms with Crippen LogP contribution in [0.4, 0.5) is 0 Å². The minimum atomic E-state index is -0.423. The lowest BCUT2D eigenvalue weighted by atomic mass is 9.90. The van der Waals surface area contributed by atoms with Crippen LogP contribution >= 0.6 is 0 Å². The van der Waals surface area contributed by atoms with Gasteiger partial charge in [-0.3, -0.25) is 9.69 Å². The minimum absolute atomic E-state index is 0.0297. The third-order valence-corrected chi connectivity index (χ3v) is 7.56. The number of imidazole rings is 1. The maximum absolute atomic E-state index is 14.2. The molecule has 7 nitrogen and oxygen atoms in total. The second kappa shape index (κ2) is 11.3. The molecule has 0 radical (unpaired) electrons. The molecule has 2 heterocycles. The molecule has 1 atom stereocenters. The minimum Gasteiger partial charge on any atom is -0.338 e. The van der Waals surface area contributed by atoms with Crippen molar-refractivity contribution in [2.75, 3.05) is 20.1 Å². The van der Waals surface area contributed by atoms with Crippen LogP contribution in [0.15, 0.2) is 84.8 Å². The molecular weight excluding hydrogens is 484 g/mol. The predicted molar refractivity (Wildman–Crippen MR) is 151 cm³/mol. The van der Waals surface area contributed by atoms with Crippen LogP contribution in [-0.2, 0) is 24.8 Å². The molecule has 1 aromatic heterocycles. The van der Waals surface area contributed by atoms with Gasteiger partial charge < -0.3 is 9.47 Å². The van der Waals surface area contributed by atoms with Gasteiger partial charge in [-0.15, -0.1) is 0 Å². The van der Waals surface area contributed by atoms with Crippen LogP contribution in [0, 0.1) is 22.7 Å². The Balaban J connectivity index is 1.45. The first kappa shape index (κ1) is 25.9. The van der Waals surface area contributed by atoms with Gasteiger partial charge in [0, 0.05) is 57.0 Å². The summed E-state index contributed by atoms with van der Waals surface area (Å²) in [6.07, 6.45) is 4.59. The zero-order valence-electron chi connectivity index (χ0n) is 22.2. The van der Waals surface area contributed by atoms with E-state index in [9.17, 15) is 10.1 Å². The Kier molecular flexibility index (Phi) is 7.54. The maximum atomic E-state index is 14.2. The lowest BCUT2D eigenvalue weighted by Gasteiger charge is -2.35. The summed E-state index contributed by atoms with van der Waals surface area (Å²) in [6.45, 7) is 1.45. The van der Waals surface area contributed by atoms with Crippen molar-refractivity contribution in [3.8, 4) is 12.1 Å². The Bertz CT molecular complexity index is 1610. The number of amides is 1. The van der Waals surface area contributed by atoms with Crippen molar-refractivity contribution in [3.63, 3.8) is 0 Å². The van der Waals surface area contributed by atoms with Crippen molar-refractivity contribution in [1.29, 1.82) is 10.5 Å². The fourth-order valence-corrected chi connectivity index (χ4v) is 5.32. The molecule has 7 heteroatoms. The average molecular weight is 515 g/mol. The van der Waals surface area contributed by atoms with Crippen LogP contribution in [-0.4, -0.2) is 51.4 Å². The Morgan fingerprint density at radius 3 is 2.54 bits per heavy atom. The van der Waals surface area contributed by atoms with Gasteiger partial charge in [0.1, 0.15) is 0 Å². The lowest BCUT2D eigenvalue weighted by molar-refractivity contribution is -0.136. The summed E-state index contributed by atoms with van der Waals surface area (Å²) in [7, 11) is 3.90. The number of nitriles is 2. The Labute approximate surface area is 228 Å². The number of carbonyl (C=O) groups excluding carboxylic acids is 1. The fourth-order valence-electron chi connectivity index (χ4n) is 5.32. The van der Waals surface area contributed by atoms with Gasteiger partial charge in [0.2, 0.25) is 5.91 Å². The van der Waals surface area contributed by atoms with E-state index >= 15 is 0 Å². The van der Waals surface area contributed by atoms with Gasteiger partial charge in [0.25, 0.3) is 0 Å². The van der Waals surface area contributed by atoms with Crippen LogP contribution in [0.2, 0.25) is 0 Å². The first-order chi connectivity index (χ1) is 19.0. The van der Waals surface area contributed by atoms with E-state index in [1.165, 1.54) is 0 Å². The number of likely N-dealkylation sites (N-methyl/N-ethyl adjacent to an activating group) is 1. The van der Waals surface area contributed by atoms with Crippen molar-refractivity contribution in [2.45, 2.75) is 25.4 Å². The van der Waals surface area contributed by atoms with Crippen LogP contribution in [0.3, 0.4) is 0 Å². The molecule has 0 bridgehead atoms. The number of nitrogens with zero attached hydrogens (tertiary/aromatic N) is 6. The van der Waals surface area contributed by atoms with E-state index in [0.717, 1.165) is 38.7 Å². The zero-order chi connectivity index (χ0) is 27.4. The highest BCUT2D eigenvalue weighted by atomic mass is 16.2. The highest BCUT2D eigenvalue weighted by molar-refractivity contribution is 5.96. The van der Waals surface area contributed by atoms with Crippen molar-refractivity contribution in [1.82, 2.24) is 19.4 Å². The molecule has 0 spiro atoms. The Morgan fingerprint density at radius 2 is 1.82 bits per heavy atom. The lowest BCUT2D eigenvalue weighted by Crippen LogP contribution is -2.50. The molecule has 0 saturated heterocycles. The summed E-state index contributed by atoms with van der Waals surface area (Å²) >= 11 is 0. The van der Waals surface area contributed by atoms with Gasteiger partial charge in [-0.25, -0.2) is 4.98 Å². The van der Waals surface area contributed by atoms with Crippen molar-refractivity contribution in [3.05, 3.63) is 107 Å². The van der Waals surface area contributed by atoms with Crippen molar-refractivity contribution in [2.24, 2.45) is 7.05 Å². The van der Waals surface area contributed by atoms with E-state index in [0.29, 0.717) is 38.0 Å². The van der Waals surface area contributed by atoms with Gasteiger partial charge in [-0.05, 0) is 46.7 Å². The van der Waals surface area contributed by atoms with E-state index in [-0.39, 0.29) is 5.91 Å². The third kappa shape index (κ3) is 5.45. The first-order valence-electron chi connectivity index (χ1n) is 13.0. The summed E-state index contributed by atoms with van der Waals surface area (Å²) in [5.41, 5.74) is 5.28. The maximum Gasteiger partial charge on any atom is 0.240 e. The van der Waals surface area contributed by atoms with Crippen LogP contribution in [0.25, 0.3) is 16.3 Å². The second-order valence-electron chi connectivity index (χ2n) is 10.0. The molecule has 0 fully saturated rings. The topological polar surface area (TPSA) is 88.9 Å². The number of aromatic nitrogens is 2. The normalized spacial score (nSPS) is 14.3. The quantitative estimate of drug-likeness (QED) is 0.357. The molecule has 0 aliphatic carbocycles. The molecule has 0 N–H and O–H groups in total. The Morgan fingerprint density at radius 1 is 1.05 bits per heavy atom. The number of fused-ring (bicyclic) bond motifs is 1. The third-order valence-electron chi connectivity index (χ3n) is 7.56. The fraction of sp³-hybridized carbons (Fsp3) is 0.250. The molecule has 1 aliphatic rings. The summed E-state index contributed by atoms with van der Waals surface area (Å²) in [5.74, 6) is 0.0297. The van der Waals surface area contributed by atoms with E-state index in [1.807, 2.05) is 60.0 Å². The summed E-state index contributed by atoms with van der Waals surface area (Å²) in [5, 5.41) is 21.3. The first-order valence-corrected chi connectivity index (χ1v) is 13.0. The summed E-state index contributed by atoms with van der Waals surface area (Å²) < 4.78 is 1.95. The monoisotopic (exact) mass is 514 g/mol.